The van der Waals surface area contributed by atoms with Crippen LogP contribution in [0.5, 0.6) is 0 Å². The molecule has 0 nitrogen and oxygen atoms in total. The van der Waals surface area contributed by atoms with E-state index in [9.17, 15) is 0 Å². The van der Waals surface area contributed by atoms with Crippen molar-refractivity contribution in [3.63, 3.8) is 0 Å². The Balaban J connectivity index is 3.54. The molecule has 0 unspecified atom stereocenters. The van der Waals surface area contributed by atoms with Gasteiger partial charge in [0.1, 0.15) is 0 Å². The fourth-order valence-corrected chi connectivity index (χ4v) is 4.94. The highest BCUT2D eigenvalue weighted by Crippen LogP contribution is 2.24. The number of rotatable bonds is 21. The van der Waals surface area contributed by atoms with Crippen molar-refractivity contribution in [1.82, 2.24) is 0 Å². The van der Waals surface area contributed by atoms with Crippen LogP contribution in [0.3, 0.4) is 0 Å². The predicted octanol–water partition coefficient (Wildman–Crippen LogP) is 11.1. The fourth-order valence-electron chi connectivity index (χ4n) is 4.94. The minimum Gasteiger partial charge on any atom is -0.0628 e. The van der Waals surface area contributed by atoms with Gasteiger partial charge in [-0.2, -0.15) is 0 Å². The SMILES string of the molecule is CC(C)CCC[C@@H](C)CCC[C@@H](C)CCCC[C@H](C)CCC[C@H](C)CCCC(C)C. The van der Waals surface area contributed by atoms with Crippen molar-refractivity contribution in [2.45, 2.75) is 158 Å². The van der Waals surface area contributed by atoms with Gasteiger partial charge < -0.3 is 0 Å². The van der Waals surface area contributed by atoms with Gasteiger partial charge in [0.25, 0.3) is 0 Å². The lowest BCUT2D eigenvalue weighted by Gasteiger charge is -2.16. The van der Waals surface area contributed by atoms with E-state index < -0.39 is 0 Å². The molecular weight excluding hydrogens is 360 g/mol. The smallest absolute Gasteiger partial charge is 0.0443 e. The molecule has 0 amide bonds. The van der Waals surface area contributed by atoms with Crippen molar-refractivity contribution in [3.05, 3.63) is 0 Å². The summed E-state index contributed by atoms with van der Waals surface area (Å²) in [6.07, 6.45) is 23.2. The minimum absolute atomic E-state index is 0.878. The zero-order chi connectivity index (χ0) is 22.8. The van der Waals surface area contributed by atoms with E-state index in [0.29, 0.717) is 0 Å². The summed E-state index contributed by atoms with van der Waals surface area (Å²) in [5.41, 5.74) is 0. The number of hydrogen-bond acceptors (Lipinski definition) is 0. The van der Waals surface area contributed by atoms with E-state index in [-0.39, 0.29) is 0 Å². The topological polar surface area (TPSA) is 0 Å². The zero-order valence-corrected chi connectivity index (χ0v) is 22.8. The van der Waals surface area contributed by atoms with E-state index in [0.717, 1.165) is 35.5 Å². The van der Waals surface area contributed by atoms with Gasteiger partial charge >= 0.3 is 0 Å². The van der Waals surface area contributed by atoms with E-state index in [1.165, 1.54) is 103 Å². The second-order valence-corrected chi connectivity index (χ2v) is 12.2. The van der Waals surface area contributed by atoms with E-state index in [1.54, 1.807) is 0 Å². The van der Waals surface area contributed by atoms with Crippen molar-refractivity contribution in [2.24, 2.45) is 35.5 Å². The summed E-state index contributed by atoms with van der Waals surface area (Å²) >= 11 is 0. The van der Waals surface area contributed by atoms with Gasteiger partial charge in [-0.05, 0) is 35.5 Å². The van der Waals surface area contributed by atoms with Gasteiger partial charge in [-0.15, -0.1) is 0 Å². The molecule has 0 radical (unpaired) electrons. The second kappa shape index (κ2) is 19.7. The largest absolute Gasteiger partial charge is 0.0628 e. The molecule has 0 aliphatic rings. The molecule has 182 valence electrons. The molecule has 0 saturated carbocycles. The normalized spacial score (nSPS) is 16.2. The molecule has 0 aliphatic carbocycles. The van der Waals surface area contributed by atoms with Gasteiger partial charge in [0, 0.05) is 0 Å². The Kier molecular flexibility index (Phi) is 19.7. The highest BCUT2D eigenvalue weighted by atomic mass is 14.1. The zero-order valence-electron chi connectivity index (χ0n) is 22.8. The summed E-state index contributed by atoms with van der Waals surface area (Å²) in [6.45, 7) is 19.3. The molecule has 0 aromatic carbocycles. The van der Waals surface area contributed by atoms with Gasteiger partial charge in [0.15, 0.2) is 0 Å². The van der Waals surface area contributed by atoms with Crippen molar-refractivity contribution >= 4 is 0 Å². The summed E-state index contributed by atoms with van der Waals surface area (Å²) < 4.78 is 0. The summed E-state index contributed by atoms with van der Waals surface area (Å²) in [5.74, 6) is 5.51. The van der Waals surface area contributed by atoms with E-state index >= 15 is 0 Å². The Hall–Kier alpha value is 0. The molecule has 0 aliphatic heterocycles. The highest BCUT2D eigenvalue weighted by molar-refractivity contribution is 4.62. The molecule has 0 N–H and O–H groups in total. The van der Waals surface area contributed by atoms with Gasteiger partial charge in [-0.1, -0.05) is 158 Å². The maximum absolute atomic E-state index is 2.49. The first-order valence-corrected chi connectivity index (χ1v) is 14.2. The number of unbranched alkanes of at least 4 members (excludes halogenated alkanes) is 1. The molecule has 0 rings (SSSR count). The van der Waals surface area contributed by atoms with Crippen LogP contribution in [0, 0.1) is 35.5 Å². The lowest BCUT2D eigenvalue weighted by Crippen LogP contribution is -2.01. The van der Waals surface area contributed by atoms with Crippen LogP contribution in [0.15, 0.2) is 0 Å². The molecule has 0 spiro atoms. The summed E-state index contributed by atoms with van der Waals surface area (Å²) in [4.78, 5) is 0. The third-order valence-corrected chi connectivity index (χ3v) is 7.39. The van der Waals surface area contributed by atoms with Crippen LogP contribution in [0.25, 0.3) is 0 Å². The molecule has 0 saturated heterocycles. The van der Waals surface area contributed by atoms with Crippen LogP contribution >= 0.6 is 0 Å². The van der Waals surface area contributed by atoms with E-state index in [1.807, 2.05) is 0 Å². The number of hydrogen-bond donors (Lipinski definition) is 0. The van der Waals surface area contributed by atoms with Crippen molar-refractivity contribution in [1.29, 1.82) is 0 Å². The first-order chi connectivity index (χ1) is 14.2. The fraction of sp³-hybridized carbons (Fsp3) is 1.00. The van der Waals surface area contributed by atoms with Crippen molar-refractivity contribution in [2.75, 3.05) is 0 Å². The average molecular weight is 423 g/mol. The van der Waals surface area contributed by atoms with Crippen LogP contribution in [0.4, 0.5) is 0 Å². The van der Waals surface area contributed by atoms with Gasteiger partial charge in [-0.3, -0.25) is 0 Å². The highest BCUT2D eigenvalue weighted by Gasteiger charge is 2.09. The maximum Gasteiger partial charge on any atom is -0.0443 e. The predicted molar refractivity (Wildman–Crippen MR) is 140 cm³/mol. The molecule has 0 fully saturated rings. The van der Waals surface area contributed by atoms with Crippen LogP contribution in [0.2, 0.25) is 0 Å². The lowest BCUT2D eigenvalue weighted by molar-refractivity contribution is 0.369. The maximum atomic E-state index is 2.49. The molecule has 0 heteroatoms. The quantitative estimate of drug-likeness (QED) is 0.161. The molecular formula is C30H62. The molecule has 0 aromatic heterocycles. The van der Waals surface area contributed by atoms with Gasteiger partial charge in [0.05, 0.1) is 0 Å². The monoisotopic (exact) mass is 422 g/mol. The third kappa shape index (κ3) is 21.2. The van der Waals surface area contributed by atoms with Crippen LogP contribution in [0.1, 0.15) is 158 Å². The van der Waals surface area contributed by atoms with E-state index in [2.05, 4.69) is 55.4 Å². The average Bonchev–Trinajstić information content (AvgIpc) is 2.64. The standard InChI is InChI=1S/C30H62/c1-25(2)15-11-19-29(7)23-13-21-27(5)17-9-10-18-28(6)22-14-24-30(8)20-12-16-26(3)4/h25-30H,9-24H2,1-8H3/t27-,28-,29+,30+/m0/s1. The minimum atomic E-state index is 0.878. The third-order valence-electron chi connectivity index (χ3n) is 7.39. The molecule has 0 bridgehead atoms. The van der Waals surface area contributed by atoms with E-state index in [4.69, 9.17) is 0 Å². The van der Waals surface area contributed by atoms with Gasteiger partial charge in [0.2, 0.25) is 0 Å². The van der Waals surface area contributed by atoms with Crippen LogP contribution < -0.4 is 0 Å². The Labute approximate surface area is 193 Å². The Morgan fingerprint density at radius 3 is 0.700 bits per heavy atom. The van der Waals surface area contributed by atoms with Crippen LogP contribution in [-0.2, 0) is 0 Å². The second-order valence-electron chi connectivity index (χ2n) is 12.2. The van der Waals surface area contributed by atoms with Crippen molar-refractivity contribution in [3.8, 4) is 0 Å². The summed E-state index contributed by atoms with van der Waals surface area (Å²) in [6, 6.07) is 0. The molecule has 0 heterocycles. The first-order valence-electron chi connectivity index (χ1n) is 14.2. The van der Waals surface area contributed by atoms with Gasteiger partial charge in [-0.25, -0.2) is 0 Å². The Morgan fingerprint density at radius 1 is 0.267 bits per heavy atom. The Morgan fingerprint density at radius 2 is 0.467 bits per heavy atom. The Bertz CT molecular complexity index is 308. The van der Waals surface area contributed by atoms with Crippen LogP contribution in [-0.4, -0.2) is 0 Å². The lowest BCUT2D eigenvalue weighted by atomic mass is 9.90. The summed E-state index contributed by atoms with van der Waals surface area (Å²) in [5, 5.41) is 0. The van der Waals surface area contributed by atoms with Crippen molar-refractivity contribution < 1.29 is 0 Å². The summed E-state index contributed by atoms with van der Waals surface area (Å²) in [7, 11) is 0. The molecule has 4 atom stereocenters. The first kappa shape index (κ1) is 30.0. The molecule has 0 aromatic rings. The molecule has 30 heavy (non-hydrogen) atoms.